The fourth-order valence-electron chi connectivity index (χ4n) is 14.3. The van der Waals surface area contributed by atoms with Gasteiger partial charge in [-0.2, -0.15) is 0 Å². The summed E-state index contributed by atoms with van der Waals surface area (Å²) in [6.07, 6.45) is -1.55. The number of carbonyl (C=O) groups is 1. The van der Waals surface area contributed by atoms with Crippen LogP contribution >= 0.6 is 0 Å². The van der Waals surface area contributed by atoms with Crippen molar-refractivity contribution in [3.8, 4) is 0 Å². The molecule has 0 aromatic carbocycles. The molecule has 0 amide bonds. The van der Waals surface area contributed by atoms with Gasteiger partial charge in [0.25, 0.3) is 0 Å². The van der Waals surface area contributed by atoms with Crippen LogP contribution in [0, 0.1) is 50.7 Å². The summed E-state index contributed by atoms with van der Waals surface area (Å²) in [5.41, 5.74) is -2.98. The quantitative estimate of drug-likeness (QED) is 0.219. The first-order valence-electron chi connectivity index (χ1n) is 18.5. The summed E-state index contributed by atoms with van der Waals surface area (Å²) in [5.74, 6) is -1.33. The van der Waals surface area contributed by atoms with Crippen LogP contribution in [0.3, 0.4) is 0 Å². The molecule has 48 heavy (non-hydrogen) atoms. The van der Waals surface area contributed by atoms with Gasteiger partial charge >= 0.3 is 5.97 Å². The van der Waals surface area contributed by atoms with E-state index in [1.165, 1.54) is 6.92 Å². The number of aliphatic hydroxyl groups excluding tert-OH is 4. The smallest absolute Gasteiger partial charge is 0.302 e. The van der Waals surface area contributed by atoms with Crippen molar-refractivity contribution in [1.29, 1.82) is 0 Å². The molecule has 18 atom stereocenters. The number of aliphatic hydroxyl groups is 5. The average Bonchev–Trinajstić information content (AvgIpc) is 3.48. The van der Waals surface area contributed by atoms with E-state index in [0.717, 1.165) is 38.5 Å². The van der Waals surface area contributed by atoms with E-state index >= 15 is 0 Å². The Morgan fingerprint density at radius 1 is 0.896 bits per heavy atom. The van der Waals surface area contributed by atoms with E-state index in [-0.39, 0.29) is 64.7 Å². The summed E-state index contributed by atoms with van der Waals surface area (Å²) in [5, 5.41) is 55.0. The largest absolute Gasteiger partial charge is 0.462 e. The van der Waals surface area contributed by atoms with Gasteiger partial charge < -0.3 is 49.2 Å². The van der Waals surface area contributed by atoms with E-state index in [1.54, 1.807) is 13.8 Å². The number of esters is 1. The maximum absolute atomic E-state index is 12.9. The van der Waals surface area contributed by atoms with E-state index in [4.69, 9.17) is 23.7 Å². The van der Waals surface area contributed by atoms with E-state index < -0.39 is 65.1 Å². The Kier molecular flexibility index (Phi) is 7.24. The molecule has 3 saturated heterocycles. The third kappa shape index (κ3) is 3.90. The maximum Gasteiger partial charge on any atom is 0.302 e. The lowest BCUT2D eigenvalue weighted by molar-refractivity contribution is -0.304. The van der Waals surface area contributed by atoms with Crippen LogP contribution in [0.15, 0.2) is 0 Å². The highest BCUT2D eigenvalue weighted by molar-refractivity contribution is 5.66. The van der Waals surface area contributed by atoms with Crippen molar-refractivity contribution in [2.75, 3.05) is 6.61 Å². The van der Waals surface area contributed by atoms with Crippen molar-refractivity contribution >= 4 is 5.97 Å². The molecule has 2 bridgehead atoms. The minimum atomic E-state index is -1.34. The van der Waals surface area contributed by atoms with E-state index in [9.17, 15) is 30.3 Å². The van der Waals surface area contributed by atoms with Crippen LogP contribution in [-0.4, -0.2) is 105 Å². The lowest BCUT2D eigenvalue weighted by Crippen LogP contribution is -2.65. The summed E-state index contributed by atoms with van der Waals surface area (Å²) >= 11 is 0. The molecule has 0 radical (unpaired) electrons. The number of fused-ring (bicyclic) bond motifs is 4. The predicted molar refractivity (Wildman–Crippen MR) is 170 cm³/mol. The summed E-state index contributed by atoms with van der Waals surface area (Å²) in [7, 11) is 0. The standard InChI is InChI=1S/C37H58O11/c1-17-13-20-28(32(5,6)43)48-37(47-20)27(17)34(8)24(45-18(2)38)14-36-16-35(36)12-11-23(46-29-26(41)25(40)19(39)15-44-29)31(3,4)21(35)9-10-22(36)33(34,7)30(37)42/h17,19-30,39-43H,9-16H2,1-8H3/t17-,19+,20-,21+,22+,23+,24-,25+,26-,27?,28+,29+,30-,33-,34-,35-,36+,37?/m1/s1. The first-order chi connectivity index (χ1) is 22.2. The van der Waals surface area contributed by atoms with Crippen LogP contribution in [0.5, 0.6) is 0 Å². The molecular formula is C37H58O11. The van der Waals surface area contributed by atoms with Crippen LogP contribution in [0.2, 0.25) is 0 Å². The number of hydrogen-bond acceptors (Lipinski definition) is 11. The molecular weight excluding hydrogens is 620 g/mol. The number of carbonyl (C=O) groups excluding carboxylic acids is 1. The molecule has 3 heterocycles. The highest BCUT2D eigenvalue weighted by Gasteiger charge is 2.90. The zero-order valence-electron chi connectivity index (χ0n) is 29.8. The molecule has 0 aromatic heterocycles. The minimum absolute atomic E-state index is 0.0317. The molecule has 11 nitrogen and oxygen atoms in total. The monoisotopic (exact) mass is 678 g/mol. The van der Waals surface area contributed by atoms with E-state index in [0.29, 0.717) is 6.42 Å². The van der Waals surface area contributed by atoms with Gasteiger partial charge in [-0.05, 0) is 92.8 Å². The molecule has 3 spiro atoms. The Labute approximate surface area is 284 Å². The molecule has 3 aliphatic heterocycles. The third-order valence-corrected chi connectivity index (χ3v) is 16.2. The third-order valence-electron chi connectivity index (χ3n) is 16.2. The lowest BCUT2D eigenvalue weighted by atomic mass is 9.40. The van der Waals surface area contributed by atoms with Crippen molar-refractivity contribution in [3.63, 3.8) is 0 Å². The second kappa shape index (κ2) is 10.2. The van der Waals surface area contributed by atoms with Gasteiger partial charge in [-0.3, -0.25) is 4.79 Å². The summed E-state index contributed by atoms with van der Waals surface area (Å²) in [6.45, 7) is 16.0. The molecule has 11 heteroatoms. The molecule has 272 valence electrons. The van der Waals surface area contributed by atoms with Crippen LogP contribution in [0.25, 0.3) is 0 Å². The van der Waals surface area contributed by atoms with E-state index in [2.05, 4.69) is 34.6 Å². The van der Waals surface area contributed by atoms with E-state index in [1.807, 2.05) is 0 Å². The molecule has 8 aliphatic rings. The predicted octanol–water partition coefficient (Wildman–Crippen LogP) is 2.66. The number of rotatable bonds is 4. The van der Waals surface area contributed by atoms with Gasteiger partial charge in [-0.1, -0.05) is 34.6 Å². The molecule has 8 fully saturated rings. The van der Waals surface area contributed by atoms with Gasteiger partial charge in [0.2, 0.25) is 0 Å². The first kappa shape index (κ1) is 34.2. The van der Waals surface area contributed by atoms with Crippen molar-refractivity contribution in [2.24, 2.45) is 50.7 Å². The normalized spacial score (nSPS) is 59.4. The van der Waals surface area contributed by atoms with Gasteiger partial charge in [0.05, 0.1) is 24.4 Å². The molecule has 5 saturated carbocycles. The van der Waals surface area contributed by atoms with Crippen molar-refractivity contribution in [2.45, 2.75) is 167 Å². The molecule has 2 unspecified atom stereocenters. The highest BCUT2D eigenvalue weighted by Crippen LogP contribution is 2.90. The number of ether oxygens (including phenoxy) is 5. The topological polar surface area (TPSA) is 164 Å². The fraction of sp³-hybridized carbons (Fsp3) is 0.973. The second-order valence-electron chi connectivity index (χ2n) is 18.9. The maximum atomic E-state index is 12.9. The van der Waals surface area contributed by atoms with Crippen LogP contribution in [0.1, 0.15) is 100 Å². The zero-order valence-corrected chi connectivity index (χ0v) is 29.8. The SMILES string of the molecule is CC(=O)O[C@@H]1C[C@@]23C[C@@]24CC[C@H](O[C@@H]2OC[C@H](O)[C@H](O)[C@H]2O)C(C)(C)[C@@H]4CC[C@H]3[C@]2(C)[C@@H](O)C34O[C@H](C[C@@H](C)C3[C@@]12C)[C@@H](C(C)(C)O)O4. The Bertz CT molecular complexity index is 1350. The molecule has 5 N–H and O–H groups in total. The van der Waals surface area contributed by atoms with Crippen molar-refractivity contribution in [3.05, 3.63) is 0 Å². The van der Waals surface area contributed by atoms with Crippen molar-refractivity contribution in [1.82, 2.24) is 0 Å². The van der Waals surface area contributed by atoms with Crippen molar-refractivity contribution < 1.29 is 54.0 Å². The summed E-state index contributed by atoms with van der Waals surface area (Å²) < 4.78 is 32.2. The molecule has 0 aromatic rings. The zero-order chi connectivity index (χ0) is 34.8. The summed E-state index contributed by atoms with van der Waals surface area (Å²) in [4.78, 5) is 12.9. The molecule has 8 rings (SSSR count). The van der Waals surface area contributed by atoms with Gasteiger partial charge in [-0.15, -0.1) is 0 Å². The van der Waals surface area contributed by atoms with Gasteiger partial charge in [0.15, 0.2) is 12.1 Å². The minimum Gasteiger partial charge on any atom is -0.462 e. The Morgan fingerprint density at radius 3 is 2.25 bits per heavy atom. The lowest BCUT2D eigenvalue weighted by Gasteiger charge is -2.65. The average molecular weight is 679 g/mol. The first-order valence-corrected chi connectivity index (χ1v) is 18.5. The van der Waals surface area contributed by atoms with Gasteiger partial charge in [-0.25, -0.2) is 0 Å². The van der Waals surface area contributed by atoms with Crippen LogP contribution in [0.4, 0.5) is 0 Å². The second-order valence-corrected chi connectivity index (χ2v) is 18.9. The highest BCUT2D eigenvalue weighted by atomic mass is 16.8. The molecule has 5 aliphatic carbocycles. The van der Waals surface area contributed by atoms with Crippen LogP contribution < -0.4 is 0 Å². The fourth-order valence-corrected chi connectivity index (χ4v) is 14.3. The Hall–Kier alpha value is -0.890. The summed E-state index contributed by atoms with van der Waals surface area (Å²) in [6, 6.07) is 0. The van der Waals surface area contributed by atoms with Gasteiger partial charge in [0, 0.05) is 23.7 Å². The van der Waals surface area contributed by atoms with Crippen LogP contribution in [-0.2, 0) is 28.5 Å². The number of hydrogen-bond donors (Lipinski definition) is 5. The Morgan fingerprint density at radius 2 is 1.58 bits per heavy atom. The van der Waals surface area contributed by atoms with Gasteiger partial charge in [0.1, 0.15) is 36.6 Å². The Balaban J connectivity index is 1.16.